The second-order valence-corrected chi connectivity index (χ2v) is 6.83. The smallest absolute Gasteiger partial charge is 0.251 e. The first-order valence-electron chi connectivity index (χ1n) is 9.51. The standard InChI is InChI=1S/C22H28N2O3/c1-26-19-13-18(14-20(15-19)27-2)22(25)23-16-21(17-9-5-3-6-10-17)24-11-7-4-8-12-24/h3,5-6,9-10,13-15,21H,4,7-8,11-12,16H2,1-2H3,(H,23,25). The lowest BCUT2D eigenvalue weighted by atomic mass is 10.0. The molecule has 1 aliphatic rings. The van der Waals surface area contributed by atoms with Crippen molar-refractivity contribution in [3.8, 4) is 11.5 Å². The van der Waals surface area contributed by atoms with Gasteiger partial charge in [-0.15, -0.1) is 0 Å². The molecule has 1 aliphatic heterocycles. The van der Waals surface area contributed by atoms with Crippen LogP contribution in [0.4, 0.5) is 0 Å². The molecule has 1 atom stereocenters. The van der Waals surface area contributed by atoms with Crippen LogP contribution in [-0.2, 0) is 0 Å². The van der Waals surface area contributed by atoms with Crippen LogP contribution >= 0.6 is 0 Å². The van der Waals surface area contributed by atoms with Crippen LogP contribution in [0.25, 0.3) is 0 Å². The van der Waals surface area contributed by atoms with Gasteiger partial charge in [-0.25, -0.2) is 0 Å². The monoisotopic (exact) mass is 368 g/mol. The van der Waals surface area contributed by atoms with E-state index in [1.54, 1.807) is 32.4 Å². The summed E-state index contributed by atoms with van der Waals surface area (Å²) < 4.78 is 10.5. The fourth-order valence-corrected chi connectivity index (χ4v) is 3.59. The number of carbonyl (C=O) groups excluding carboxylic acids is 1. The van der Waals surface area contributed by atoms with Crippen LogP contribution in [0, 0.1) is 0 Å². The van der Waals surface area contributed by atoms with Crippen molar-refractivity contribution in [3.05, 3.63) is 59.7 Å². The molecular weight excluding hydrogens is 340 g/mol. The summed E-state index contributed by atoms with van der Waals surface area (Å²) >= 11 is 0. The second kappa shape index (κ2) is 9.42. The van der Waals surface area contributed by atoms with Crippen molar-refractivity contribution in [2.75, 3.05) is 33.9 Å². The van der Waals surface area contributed by atoms with Crippen LogP contribution in [0.15, 0.2) is 48.5 Å². The maximum Gasteiger partial charge on any atom is 0.251 e. The van der Waals surface area contributed by atoms with Crippen LogP contribution in [-0.4, -0.2) is 44.7 Å². The second-order valence-electron chi connectivity index (χ2n) is 6.83. The summed E-state index contributed by atoms with van der Waals surface area (Å²) in [6.07, 6.45) is 3.71. The van der Waals surface area contributed by atoms with Crippen molar-refractivity contribution in [1.82, 2.24) is 10.2 Å². The number of carbonyl (C=O) groups is 1. The molecule has 1 unspecified atom stereocenters. The number of rotatable bonds is 7. The summed E-state index contributed by atoms with van der Waals surface area (Å²) in [5.74, 6) is 1.09. The molecule has 1 saturated heterocycles. The van der Waals surface area contributed by atoms with Crippen LogP contribution in [0.2, 0.25) is 0 Å². The van der Waals surface area contributed by atoms with Crippen LogP contribution in [0.3, 0.4) is 0 Å². The quantitative estimate of drug-likeness (QED) is 0.810. The van der Waals surface area contributed by atoms with Gasteiger partial charge in [-0.3, -0.25) is 9.69 Å². The first-order chi connectivity index (χ1) is 13.2. The maximum absolute atomic E-state index is 12.8. The highest BCUT2D eigenvalue weighted by Gasteiger charge is 2.23. The van der Waals surface area contributed by atoms with Crippen LogP contribution in [0.5, 0.6) is 11.5 Å². The average molecular weight is 368 g/mol. The summed E-state index contributed by atoms with van der Waals surface area (Å²) in [6, 6.07) is 15.8. The zero-order chi connectivity index (χ0) is 19.1. The molecule has 27 heavy (non-hydrogen) atoms. The van der Waals surface area contributed by atoms with E-state index in [0.29, 0.717) is 23.6 Å². The molecule has 0 aliphatic carbocycles. The van der Waals surface area contributed by atoms with Gasteiger partial charge < -0.3 is 14.8 Å². The van der Waals surface area contributed by atoms with E-state index in [-0.39, 0.29) is 11.9 Å². The van der Waals surface area contributed by atoms with E-state index in [9.17, 15) is 4.79 Å². The van der Waals surface area contributed by atoms with Crippen molar-refractivity contribution >= 4 is 5.91 Å². The van der Waals surface area contributed by atoms with E-state index < -0.39 is 0 Å². The fourth-order valence-electron chi connectivity index (χ4n) is 3.59. The van der Waals surface area contributed by atoms with Crippen molar-refractivity contribution < 1.29 is 14.3 Å². The van der Waals surface area contributed by atoms with Gasteiger partial charge in [0, 0.05) is 18.2 Å². The molecular formula is C22H28N2O3. The average Bonchev–Trinajstić information content (AvgIpc) is 2.74. The molecule has 0 spiro atoms. The van der Waals surface area contributed by atoms with E-state index in [0.717, 1.165) is 13.1 Å². The van der Waals surface area contributed by atoms with E-state index in [1.807, 2.05) is 6.07 Å². The van der Waals surface area contributed by atoms with Gasteiger partial charge >= 0.3 is 0 Å². The van der Waals surface area contributed by atoms with Crippen molar-refractivity contribution in [2.45, 2.75) is 25.3 Å². The van der Waals surface area contributed by atoms with E-state index in [1.165, 1.54) is 24.8 Å². The van der Waals surface area contributed by atoms with Gasteiger partial charge in [0.1, 0.15) is 11.5 Å². The molecule has 1 N–H and O–H groups in total. The van der Waals surface area contributed by atoms with Gasteiger partial charge in [-0.2, -0.15) is 0 Å². The molecule has 3 rings (SSSR count). The molecule has 1 fully saturated rings. The molecule has 0 aromatic heterocycles. The lowest BCUT2D eigenvalue weighted by Gasteiger charge is -2.35. The highest BCUT2D eigenvalue weighted by Crippen LogP contribution is 2.25. The van der Waals surface area contributed by atoms with E-state index in [4.69, 9.17) is 9.47 Å². The SMILES string of the molecule is COc1cc(OC)cc(C(=O)NCC(c2ccccc2)N2CCCCC2)c1. The predicted molar refractivity (Wildman–Crippen MR) is 106 cm³/mol. The third kappa shape index (κ3) is 5.01. The normalized spacial score (nSPS) is 15.8. The van der Waals surface area contributed by atoms with Gasteiger partial charge in [-0.05, 0) is 43.6 Å². The Bertz CT molecular complexity index is 720. The number of amides is 1. The molecule has 0 saturated carbocycles. The third-order valence-electron chi connectivity index (χ3n) is 5.09. The number of hydrogen-bond donors (Lipinski definition) is 1. The topological polar surface area (TPSA) is 50.8 Å². The predicted octanol–water partition coefficient (Wildman–Crippen LogP) is 3.66. The minimum Gasteiger partial charge on any atom is -0.497 e. The Balaban J connectivity index is 1.74. The number of likely N-dealkylation sites (tertiary alicyclic amines) is 1. The third-order valence-corrected chi connectivity index (χ3v) is 5.09. The number of piperidine rings is 1. The molecule has 5 heteroatoms. The van der Waals surface area contributed by atoms with Crippen molar-refractivity contribution in [3.63, 3.8) is 0 Å². The summed E-state index contributed by atoms with van der Waals surface area (Å²) in [4.78, 5) is 15.2. The van der Waals surface area contributed by atoms with Gasteiger partial charge in [0.05, 0.1) is 20.3 Å². The van der Waals surface area contributed by atoms with Crippen LogP contribution in [0.1, 0.15) is 41.2 Å². The Hall–Kier alpha value is -2.53. The summed E-state index contributed by atoms with van der Waals surface area (Å²) in [5.41, 5.74) is 1.78. The minimum absolute atomic E-state index is 0.120. The van der Waals surface area contributed by atoms with Crippen molar-refractivity contribution in [1.29, 1.82) is 0 Å². The number of methoxy groups -OCH3 is 2. The van der Waals surface area contributed by atoms with Gasteiger partial charge in [-0.1, -0.05) is 36.8 Å². The number of nitrogens with zero attached hydrogens (tertiary/aromatic N) is 1. The minimum atomic E-state index is -0.120. The molecule has 2 aromatic rings. The lowest BCUT2D eigenvalue weighted by Crippen LogP contribution is -2.40. The summed E-state index contributed by atoms with van der Waals surface area (Å²) in [6.45, 7) is 2.72. The molecule has 0 radical (unpaired) electrons. The Morgan fingerprint density at radius 1 is 1.00 bits per heavy atom. The zero-order valence-corrected chi connectivity index (χ0v) is 16.1. The first-order valence-corrected chi connectivity index (χ1v) is 9.51. The molecule has 0 bridgehead atoms. The van der Waals surface area contributed by atoms with Gasteiger partial charge in [0.2, 0.25) is 0 Å². The number of nitrogens with one attached hydrogen (secondary N) is 1. The molecule has 5 nitrogen and oxygen atoms in total. The number of ether oxygens (including phenoxy) is 2. The Morgan fingerprint density at radius 2 is 1.63 bits per heavy atom. The van der Waals surface area contributed by atoms with Gasteiger partial charge in [0.25, 0.3) is 5.91 Å². The Labute approximate surface area is 161 Å². The van der Waals surface area contributed by atoms with Crippen molar-refractivity contribution in [2.24, 2.45) is 0 Å². The number of benzene rings is 2. The Morgan fingerprint density at radius 3 is 2.22 bits per heavy atom. The largest absolute Gasteiger partial charge is 0.497 e. The maximum atomic E-state index is 12.8. The van der Waals surface area contributed by atoms with Gasteiger partial charge in [0.15, 0.2) is 0 Å². The summed E-state index contributed by atoms with van der Waals surface area (Å²) in [5, 5.41) is 3.11. The Kier molecular flexibility index (Phi) is 6.71. The molecule has 1 amide bonds. The summed E-state index contributed by atoms with van der Waals surface area (Å²) in [7, 11) is 3.16. The highest BCUT2D eigenvalue weighted by molar-refractivity contribution is 5.95. The lowest BCUT2D eigenvalue weighted by molar-refractivity contribution is 0.0923. The first kappa shape index (κ1) is 19.2. The zero-order valence-electron chi connectivity index (χ0n) is 16.1. The highest BCUT2D eigenvalue weighted by atomic mass is 16.5. The number of hydrogen-bond acceptors (Lipinski definition) is 4. The molecule has 2 aromatic carbocycles. The fraction of sp³-hybridized carbons (Fsp3) is 0.409. The van der Waals surface area contributed by atoms with Crippen LogP contribution < -0.4 is 14.8 Å². The molecule has 1 heterocycles. The van der Waals surface area contributed by atoms with E-state index >= 15 is 0 Å². The molecule has 144 valence electrons. The van der Waals surface area contributed by atoms with E-state index in [2.05, 4.69) is 34.5 Å².